The van der Waals surface area contributed by atoms with Crippen LogP contribution in [-0.4, -0.2) is 45.6 Å². The summed E-state index contributed by atoms with van der Waals surface area (Å²) in [5.41, 5.74) is 2.56. The molecule has 146 valence electrons. The molecule has 29 heavy (non-hydrogen) atoms. The van der Waals surface area contributed by atoms with Gasteiger partial charge in [0.2, 0.25) is 0 Å². The fourth-order valence-electron chi connectivity index (χ4n) is 2.75. The van der Waals surface area contributed by atoms with E-state index in [9.17, 15) is 13.2 Å². The molecule has 3 aromatic heterocycles. The molecule has 0 aliphatic carbocycles. The Bertz CT molecular complexity index is 1170. The SMILES string of the molecule is C=CC(Nc1nc(-c2ncccc2C)cc2cccnc12)S(=O)(=O)CC(=O)O.[H-].[Na+]. The van der Waals surface area contributed by atoms with Crippen molar-refractivity contribution < 1.29 is 49.3 Å². The quantitative estimate of drug-likeness (QED) is 0.388. The summed E-state index contributed by atoms with van der Waals surface area (Å²) >= 11 is 0. The minimum atomic E-state index is -4.04. The number of aryl methyl sites for hydroxylation is 1. The maximum atomic E-state index is 12.3. The summed E-state index contributed by atoms with van der Waals surface area (Å²) in [5, 5.41) is 11.1. The predicted molar refractivity (Wildman–Crippen MR) is 108 cm³/mol. The fourth-order valence-corrected chi connectivity index (χ4v) is 3.86. The van der Waals surface area contributed by atoms with Gasteiger partial charge in [-0.05, 0) is 30.7 Å². The van der Waals surface area contributed by atoms with Crippen LogP contribution in [0.25, 0.3) is 22.3 Å². The first kappa shape index (κ1) is 23.0. The molecule has 0 bridgehead atoms. The van der Waals surface area contributed by atoms with E-state index in [4.69, 9.17) is 5.11 Å². The summed E-state index contributed by atoms with van der Waals surface area (Å²) in [6.45, 7) is 5.41. The van der Waals surface area contributed by atoms with E-state index in [0.717, 1.165) is 17.0 Å². The molecule has 0 aliphatic heterocycles. The molecule has 3 aromatic rings. The molecular formula is C19H19N4NaO4S. The number of pyridine rings is 3. The van der Waals surface area contributed by atoms with Crippen molar-refractivity contribution in [3.63, 3.8) is 0 Å². The predicted octanol–water partition coefficient (Wildman–Crippen LogP) is -0.460. The molecule has 8 nitrogen and oxygen atoms in total. The van der Waals surface area contributed by atoms with Gasteiger partial charge in [-0.3, -0.25) is 14.8 Å². The molecule has 1 atom stereocenters. The second kappa shape index (κ2) is 9.45. The summed E-state index contributed by atoms with van der Waals surface area (Å²) < 4.78 is 24.7. The van der Waals surface area contributed by atoms with E-state index in [2.05, 4.69) is 26.8 Å². The van der Waals surface area contributed by atoms with Gasteiger partial charge < -0.3 is 11.8 Å². The first-order valence-corrected chi connectivity index (χ1v) is 10.0. The average Bonchev–Trinajstić information content (AvgIpc) is 2.65. The van der Waals surface area contributed by atoms with E-state index >= 15 is 0 Å². The molecule has 10 heteroatoms. The Morgan fingerprint density at radius 2 is 2.00 bits per heavy atom. The molecule has 0 aliphatic rings. The van der Waals surface area contributed by atoms with E-state index < -0.39 is 26.9 Å². The van der Waals surface area contributed by atoms with Crippen molar-refractivity contribution in [1.29, 1.82) is 0 Å². The molecule has 0 saturated carbocycles. The van der Waals surface area contributed by atoms with Crippen LogP contribution in [0, 0.1) is 6.92 Å². The third-order valence-electron chi connectivity index (χ3n) is 4.04. The summed E-state index contributed by atoms with van der Waals surface area (Å²) in [5.74, 6) is -2.26. The third kappa shape index (κ3) is 5.18. The summed E-state index contributed by atoms with van der Waals surface area (Å²) in [7, 11) is -4.04. The molecule has 0 fully saturated rings. The van der Waals surface area contributed by atoms with Crippen molar-refractivity contribution in [2.75, 3.05) is 11.1 Å². The molecule has 3 heterocycles. The maximum Gasteiger partial charge on any atom is 1.00 e. The minimum Gasteiger partial charge on any atom is -1.00 e. The Labute approximate surface area is 191 Å². The molecule has 0 saturated heterocycles. The first-order valence-electron chi connectivity index (χ1n) is 8.32. The number of nitrogens with zero attached hydrogens (tertiary/aromatic N) is 3. The van der Waals surface area contributed by atoms with Crippen molar-refractivity contribution in [2.24, 2.45) is 0 Å². The largest absolute Gasteiger partial charge is 1.00 e. The van der Waals surface area contributed by atoms with Gasteiger partial charge in [0.05, 0.1) is 11.4 Å². The Kier molecular flexibility index (Phi) is 7.48. The number of fused-ring (bicyclic) bond motifs is 1. The van der Waals surface area contributed by atoms with E-state index in [-0.39, 0.29) is 36.8 Å². The number of aliphatic carboxylic acids is 1. The van der Waals surface area contributed by atoms with Crippen molar-refractivity contribution in [3.8, 4) is 11.4 Å². The van der Waals surface area contributed by atoms with Gasteiger partial charge in [0.15, 0.2) is 15.7 Å². The second-order valence-corrected chi connectivity index (χ2v) is 8.22. The molecule has 0 spiro atoms. The van der Waals surface area contributed by atoms with Crippen LogP contribution in [0.15, 0.2) is 55.4 Å². The third-order valence-corrected chi connectivity index (χ3v) is 5.78. The van der Waals surface area contributed by atoms with Crippen LogP contribution in [0.4, 0.5) is 5.82 Å². The second-order valence-electron chi connectivity index (χ2n) is 6.10. The normalized spacial score (nSPS) is 12.0. The zero-order valence-corrected chi connectivity index (χ0v) is 18.8. The van der Waals surface area contributed by atoms with Crippen LogP contribution < -0.4 is 34.9 Å². The van der Waals surface area contributed by atoms with Gasteiger partial charge in [-0.1, -0.05) is 18.2 Å². The van der Waals surface area contributed by atoms with Crippen LogP contribution in [0.5, 0.6) is 0 Å². The zero-order valence-electron chi connectivity index (χ0n) is 17.0. The average molecular weight is 422 g/mol. The number of aromatic nitrogens is 3. The zero-order chi connectivity index (χ0) is 20.3. The van der Waals surface area contributed by atoms with Crippen molar-refractivity contribution in [3.05, 3.63) is 60.9 Å². The van der Waals surface area contributed by atoms with Gasteiger partial charge in [0.25, 0.3) is 0 Å². The number of hydrogen-bond acceptors (Lipinski definition) is 7. The first-order chi connectivity index (χ1) is 13.3. The monoisotopic (exact) mass is 422 g/mol. The standard InChI is InChI=1S/C19H18N4O4S.Na.H/c1-3-15(28(26,27)11-16(24)25)23-19-18-13(7-5-9-21-18)10-14(22-19)17-12(2)6-4-8-20-17;;/h3-10,15H,1,11H2,2H3,(H,22,23)(H,24,25);;/q;+1;-1. The summed E-state index contributed by atoms with van der Waals surface area (Å²) in [6.07, 6.45) is 4.34. The minimum absolute atomic E-state index is 0. The smallest absolute Gasteiger partial charge is 1.00 e. The number of carboxylic acids is 1. The molecule has 1 unspecified atom stereocenters. The van der Waals surface area contributed by atoms with E-state index in [1.807, 2.05) is 31.2 Å². The molecule has 0 radical (unpaired) electrons. The van der Waals surface area contributed by atoms with Crippen LogP contribution in [-0.2, 0) is 14.6 Å². The Morgan fingerprint density at radius 1 is 1.31 bits per heavy atom. The summed E-state index contributed by atoms with van der Waals surface area (Å²) in [6, 6.07) is 9.11. The van der Waals surface area contributed by atoms with Gasteiger partial charge in [-0.2, -0.15) is 0 Å². The van der Waals surface area contributed by atoms with Gasteiger partial charge >= 0.3 is 35.5 Å². The van der Waals surface area contributed by atoms with Crippen molar-refractivity contribution in [1.82, 2.24) is 15.0 Å². The Morgan fingerprint density at radius 3 is 2.66 bits per heavy atom. The van der Waals surface area contributed by atoms with E-state index in [0.29, 0.717) is 16.9 Å². The van der Waals surface area contributed by atoms with Gasteiger partial charge in [-0.15, -0.1) is 6.58 Å². The van der Waals surface area contributed by atoms with Gasteiger partial charge in [-0.25, -0.2) is 13.4 Å². The number of hydrogen-bond donors (Lipinski definition) is 2. The number of anilines is 1. The fraction of sp³-hybridized carbons (Fsp3) is 0.158. The molecular weight excluding hydrogens is 403 g/mol. The topological polar surface area (TPSA) is 122 Å². The number of carbonyl (C=O) groups is 1. The van der Waals surface area contributed by atoms with Crippen LogP contribution in [0.2, 0.25) is 0 Å². The van der Waals surface area contributed by atoms with E-state index in [1.165, 1.54) is 0 Å². The molecule has 0 amide bonds. The molecule has 3 rings (SSSR count). The summed E-state index contributed by atoms with van der Waals surface area (Å²) in [4.78, 5) is 24.1. The van der Waals surface area contributed by atoms with Crippen LogP contribution in [0.3, 0.4) is 0 Å². The van der Waals surface area contributed by atoms with Crippen molar-refractivity contribution in [2.45, 2.75) is 12.3 Å². The van der Waals surface area contributed by atoms with Crippen molar-refractivity contribution >= 4 is 32.5 Å². The Hall–Kier alpha value is -2.33. The van der Waals surface area contributed by atoms with Gasteiger partial charge in [0, 0.05) is 17.8 Å². The number of nitrogens with one attached hydrogen (secondary N) is 1. The van der Waals surface area contributed by atoms with E-state index in [1.54, 1.807) is 18.5 Å². The maximum absolute atomic E-state index is 12.3. The Balaban J connectivity index is 0.00000225. The van der Waals surface area contributed by atoms with Crippen LogP contribution in [0.1, 0.15) is 6.99 Å². The number of rotatable bonds is 7. The number of carboxylic acid groups (broad SMARTS) is 1. The molecule has 2 N–H and O–H groups in total. The van der Waals surface area contributed by atoms with Gasteiger partial charge in [0.1, 0.15) is 16.6 Å². The molecule has 0 aromatic carbocycles. The number of sulfone groups is 1. The van der Waals surface area contributed by atoms with Crippen LogP contribution >= 0.6 is 0 Å².